The van der Waals surface area contributed by atoms with Crippen molar-refractivity contribution in [2.45, 2.75) is 6.04 Å². The molecule has 0 aromatic heterocycles. The van der Waals surface area contributed by atoms with Crippen LogP contribution in [0.1, 0.15) is 11.6 Å². The summed E-state index contributed by atoms with van der Waals surface area (Å²) in [6.07, 6.45) is 0. The molecule has 0 spiro atoms. The smallest absolute Gasteiger partial charge is 0.123 e. The van der Waals surface area contributed by atoms with Gasteiger partial charge in [-0.05, 0) is 17.7 Å². The number of nitrogens with zero attached hydrogens (tertiary/aromatic N) is 1. The zero-order chi connectivity index (χ0) is 14.2. The predicted molar refractivity (Wildman–Crippen MR) is 76.3 cm³/mol. The van der Waals surface area contributed by atoms with Crippen LogP contribution in [0.15, 0.2) is 24.3 Å². The quantitative estimate of drug-likeness (QED) is 0.767. The maximum Gasteiger partial charge on any atom is 0.123 e. The van der Waals surface area contributed by atoms with E-state index in [1.165, 1.54) is 6.07 Å². The largest absolute Gasteiger partial charge is 0.382 e. The number of hydrogen-bond donors (Lipinski definition) is 1. The van der Waals surface area contributed by atoms with Crippen LogP contribution in [0.25, 0.3) is 0 Å². The molecule has 1 heterocycles. The minimum Gasteiger partial charge on any atom is -0.382 e. The second-order valence-corrected chi connectivity index (χ2v) is 4.92. The van der Waals surface area contributed by atoms with Crippen molar-refractivity contribution in [3.05, 3.63) is 35.6 Å². The van der Waals surface area contributed by atoms with Gasteiger partial charge in [-0.2, -0.15) is 0 Å². The van der Waals surface area contributed by atoms with Crippen molar-refractivity contribution in [1.29, 1.82) is 0 Å². The minimum atomic E-state index is -0.177. The van der Waals surface area contributed by atoms with Gasteiger partial charge in [0.25, 0.3) is 0 Å². The molecular formula is C15H23FN2O2. The SMILES string of the molecule is COCCOCCN1CCNCC1c1cccc(F)c1. The predicted octanol–water partition coefficient (Wildman–Crippen LogP) is 1.44. The van der Waals surface area contributed by atoms with E-state index in [9.17, 15) is 4.39 Å². The van der Waals surface area contributed by atoms with Crippen molar-refractivity contribution in [3.8, 4) is 0 Å². The Morgan fingerprint density at radius 1 is 1.35 bits per heavy atom. The summed E-state index contributed by atoms with van der Waals surface area (Å²) in [5.41, 5.74) is 1.02. The van der Waals surface area contributed by atoms with Gasteiger partial charge in [0.05, 0.1) is 19.8 Å². The number of benzene rings is 1. The summed E-state index contributed by atoms with van der Waals surface area (Å²) < 4.78 is 23.8. The minimum absolute atomic E-state index is 0.177. The van der Waals surface area contributed by atoms with E-state index in [1.807, 2.05) is 6.07 Å². The van der Waals surface area contributed by atoms with Gasteiger partial charge in [-0.3, -0.25) is 4.90 Å². The molecular weight excluding hydrogens is 259 g/mol. The summed E-state index contributed by atoms with van der Waals surface area (Å²) in [5.74, 6) is -0.177. The Morgan fingerprint density at radius 2 is 2.25 bits per heavy atom. The molecule has 1 aromatic rings. The van der Waals surface area contributed by atoms with Crippen LogP contribution in [0.4, 0.5) is 4.39 Å². The van der Waals surface area contributed by atoms with Gasteiger partial charge in [0.2, 0.25) is 0 Å². The third kappa shape index (κ3) is 4.52. The zero-order valence-corrected chi connectivity index (χ0v) is 12.0. The fourth-order valence-electron chi connectivity index (χ4n) is 2.48. The third-order valence-electron chi connectivity index (χ3n) is 3.54. The van der Waals surface area contributed by atoms with Crippen molar-refractivity contribution < 1.29 is 13.9 Å². The molecule has 0 saturated carbocycles. The summed E-state index contributed by atoms with van der Waals surface area (Å²) >= 11 is 0. The van der Waals surface area contributed by atoms with Crippen LogP contribution in [0, 0.1) is 5.82 Å². The number of methoxy groups -OCH3 is 1. The topological polar surface area (TPSA) is 33.7 Å². The number of rotatable bonds is 7. The molecule has 0 aliphatic carbocycles. The number of piperazine rings is 1. The Labute approximate surface area is 119 Å². The highest BCUT2D eigenvalue weighted by Gasteiger charge is 2.23. The van der Waals surface area contributed by atoms with E-state index in [2.05, 4.69) is 10.2 Å². The van der Waals surface area contributed by atoms with Crippen molar-refractivity contribution in [3.63, 3.8) is 0 Å². The van der Waals surface area contributed by atoms with Crippen LogP contribution in [-0.2, 0) is 9.47 Å². The fourth-order valence-corrected chi connectivity index (χ4v) is 2.48. The van der Waals surface area contributed by atoms with Gasteiger partial charge < -0.3 is 14.8 Å². The summed E-state index contributed by atoms with van der Waals surface area (Å²) in [4.78, 5) is 2.35. The third-order valence-corrected chi connectivity index (χ3v) is 3.54. The number of hydrogen-bond acceptors (Lipinski definition) is 4. The molecule has 4 nitrogen and oxygen atoms in total. The summed E-state index contributed by atoms with van der Waals surface area (Å²) in [6, 6.07) is 7.07. The van der Waals surface area contributed by atoms with E-state index < -0.39 is 0 Å². The second-order valence-electron chi connectivity index (χ2n) is 4.92. The summed E-state index contributed by atoms with van der Waals surface area (Å²) in [6.45, 7) is 5.53. The highest BCUT2D eigenvalue weighted by atomic mass is 19.1. The molecule has 0 bridgehead atoms. The van der Waals surface area contributed by atoms with E-state index in [0.29, 0.717) is 19.8 Å². The molecule has 0 amide bonds. The lowest BCUT2D eigenvalue weighted by atomic mass is 10.0. The van der Waals surface area contributed by atoms with Crippen LogP contribution in [0.2, 0.25) is 0 Å². The maximum absolute atomic E-state index is 13.4. The van der Waals surface area contributed by atoms with Gasteiger partial charge in [-0.25, -0.2) is 4.39 Å². The molecule has 1 aromatic carbocycles. The summed E-state index contributed by atoms with van der Waals surface area (Å²) in [5, 5.41) is 3.37. The molecule has 2 rings (SSSR count). The van der Waals surface area contributed by atoms with Gasteiger partial charge in [0.15, 0.2) is 0 Å². The highest BCUT2D eigenvalue weighted by Crippen LogP contribution is 2.22. The standard InChI is InChI=1S/C15H23FN2O2/c1-19-9-10-20-8-7-18-6-5-17-12-15(18)13-3-2-4-14(16)11-13/h2-4,11,15,17H,5-10,12H2,1H3. The molecule has 1 unspecified atom stereocenters. The molecule has 1 atom stereocenters. The van der Waals surface area contributed by atoms with E-state index in [0.717, 1.165) is 31.7 Å². The second kappa shape index (κ2) is 8.32. The molecule has 1 aliphatic heterocycles. The van der Waals surface area contributed by atoms with Crippen molar-refractivity contribution in [1.82, 2.24) is 10.2 Å². The van der Waals surface area contributed by atoms with Crippen LogP contribution in [-0.4, -0.2) is 58.0 Å². The Balaban J connectivity index is 1.88. The van der Waals surface area contributed by atoms with E-state index in [-0.39, 0.29) is 11.9 Å². The van der Waals surface area contributed by atoms with Gasteiger partial charge >= 0.3 is 0 Å². The van der Waals surface area contributed by atoms with Crippen molar-refractivity contribution in [2.75, 3.05) is 53.1 Å². The van der Waals surface area contributed by atoms with Gasteiger partial charge in [0, 0.05) is 39.3 Å². The molecule has 1 aliphatic rings. The average Bonchev–Trinajstić information content (AvgIpc) is 2.47. The monoisotopic (exact) mass is 282 g/mol. The first-order valence-corrected chi connectivity index (χ1v) is 7.08. The lowest BCUT2D eigenvalue weighted by Gasteiger charge is -2.36. The molecule has 5 heteroatoms. The van der Waals surface area contributed by atoms with Gasteiger partial charge in [-0.1, -0.05) is 12.1 Å². The molecule has 20 heavy (non-hydrogen) atoms. The van der Waals surface area contributed by atoms with Crippen molar-refractivity contribution in [2.24, 2.45) is 0 Å². The molecule has 112 valence electrons. The Kier molecular flexibility index (Phi) is 6.39. The van der Waals surface area contributed by atoms with E-state index in [1.54, 1.807) is 19.2 Å². The zero-order valence-electron chi connectivity index (χ0n) is 12.0. The van der Waals surface area contributed by atoms with Crippen LogP contribution in [0.5, 0.6) is 0 Å². The van der Waals surface area contributed by atoms with Crippen LogP contribution >= 0.6 is 0 Å². The lowest BCUT2D eigenvalue weighted by Crippen LogP contribution is -2.47. The number of halogens is 1. The van der Waals surface area contributed by atoms with E-state index >= 15 is 0 Å². The van der Waals surface area contributed by atoms with Gasteiger partial charge in [-0.15, -0.1) is 0 Å². The Bertz CT molecular complexity index is 403. The summed E-state index contributed by atoms with van der Waals surface area (Å²) in [7, 11) is 1.67. The Morgan fingerprint density at radius 3 is 3.05 bits per heavy atom. The lowest BCUT2D eigenvalue weighted by molar-refractivity contribution is 0.0447. The first-order chi connectivity index (χ1) is 9.81. The van der Waals surface area contributed by atoms with E-state index in [4.69, 9.17) is 9.47 Å². The molecule has 1 saturated heterocycles. The van der Waals surface area contributed by atoms with Crippen LogP contribution < -0.4 is 5.32 Å². The van der Waals surface area contributed by atoms with Gasteiger partial charge in [0.1, 0.15) is 5.82 Å². The molecule has 0 radical (unpaired) electrons. The van der Waals surface area contributed by atoms with Crippen molar-refractivity contribution >= 4 is 0 Å². The van der Waals surface area contributed by atoms with Crippen LogP contribution in [0.3, 0.4) is 0 Å². The first-order valence-electron chi connectivity index (χ1n) is 7.08. The molecule has 1 fully saturated rings. The number of nitrogens with one attached hydrogen (secondary N) is 1. The fraction of sp³-hybridized carbons (Fsp3) is 0.600. The average molecular weight is 282 g/mol. The first kappa shape index (κ1) is 15.4. The number of ether oxygens (including phenoxy) is 2. The normalized spacial score (nSPS) is 20.2. The Hall–Kier alpha value is -1.01. The molecule has 1 N–H and O–H groups in total. The highest BCUT2D eigenvalue weighted by molar-refractivity contribution is 5.21. The maximum atomic E-state index is 13.4.